The van der Waals surface area contributed by atoms with Gasteiger partial charge in [0.2, 0.25) is 5.78 Å². The number of esters is 1. The van der Waals surface area contributed by atoms with Gasteiger partial charge in [0, 0.05) is 22.9 Å². The molecule has 5 nitrogen and oxygen atoms in total. The van der Waals surface area contributed by atoms with E-state index in [-0.39, 0.29) is 17.7 Å². The van der Waals surface area contributed by atoms with Gasteiger partial charge in [-0.25, -0.2) is 0 Å². The van der Waals surface area contributed by atoms with Crippen LogP contribution in [0.1, 0.15) is 34.1 Å². The van der Waals surface area contributed by atoms with E-state index in [2.05, 4.69) is 6.58 Å². The molecule has 2 aromatic rings. The van der Waals surface area contributed by atoms with Gasteiger partial charge in [0.1, 0.15) is 12.0 Å². The van der Waals surface area contributed by atoms with E-state index in [0.29, 0.717) is 30.0 Å². The SMILES string of the molecule is C=CCSc1cc2n(c1C(=O)c1ccoc1)CCC2C(=O)OC. The van der Waals surface area contributed by atoms with Gasteiger partial charge in [-0.15, -0.1) is 18.3 Å². The number of aromatic nitrogens is 1. The molecule has 1 atom stereocenters. The third-order valence-corrected chi connectivity index (χ3v) is 4.96. The molecule has 0 saturated heterocycles. The summed E-state index contributed by atoms with van der Waals surface area (Å²) in [7, 11) is 1.39. The van der Waals surface area contributed by atoms with E-state index < -0.39 is 0 Å². The molecule has 0 amide bonds. The Morgan fingerprint density at radius 1 is 1.57 bits per heavy atom. The monoisotopic (exact) mass is 331 g/mol. The highest BCUT2D eigenvalue weighted by molar-refractivity contribution is 7.99. The van der Waals surface area contributed by atoms with Gasteiger partial charge in [-0.1, -0.05) is 6.08 Å². The molecule has 3 rings (SSSR count). The maximum Gasteiger partial charge on any atom is 0.314 e. The first-order chi connectivity index (χ1) is 11.2. The lowest BCUT2D eigenvalue weighted by Gasteiger charge is -2.06. The van der Waals surface area contributed by atoms with E-state index in [0.717, 1.165) is 10.6 Å². The minimum atomic E-state index is -0.311. The van der Waals surface area contributed by atoms with Crippen molar-refractivity contribution >= 4 is 23.5 Å². The van der Waals surface area contributed by atoms with Crippen molar-refractivity contribution in [1.82, 2.24) is 4.57 Å². The third-order valence-electron chi connectivity index (χ3n) is 3.93. The van der Waals surface area contributed by atoms with Crippen molar-refractivity contribution in [2.45, 2.75) is 23.8 Å². The van der Waals surface area contributed by atoms with Crippen LogP contribution in [0.4, 0.5) is 0 Å². The number of fused-ring (bicyclic) bond motifs is 1. The molecule has 0 bridgehead atoms. The van der Waals surface area contributed by atoms with Gasteiger partial charge in [0.05, 0.1) is 24.9 Å². The average molecular weight is 331 g/mol. The molecule has 1 aliphatic heterocycles. The lowest BCUT2D eigenvalue weighted by atomic mass is 10.1. The van der Waals surface area contributed by atoms with Crippen molar-refractivity contribution in [3.8, 4) is 0 Å². The van der Waals surface area contributed by atoms with E-state index in [9.17, 15) is 9.59 Å². The van der Waals surface area contributed by atoms with E-state index in [1.54, 1.807) is 12.1 Å². The van der Waals surface area contributed by atoms with Crippen LogP contribution in [0.5, 0.6) is 0 Å². The first-order valence-corrected chi connectivity index (χ1v) is 8.27. The van der Waals surface area contributed by atoms with Gasteiger partial charge < -0.3 is 13.7 Å². The lowest BCUT2D eigenvalue weighted by molar-refractivity contribution is -0.142. The van der Waals surface area contributed by atoms with Crippen molar-refractivity contribution in [3.63, 3.8) is 0 Å². The molecule has 0 saturated carbocycles. The van der Waals surface area contributed by atoms with Crippen LogP contribution in [0.3, 0.4) is 0 Å². The fraction of sp³-hybridized carbons (Fsp3) is 0.294. The van der Waals surface area contributed by atoms with Gasteiger partial charge in [-0.2, -0.15) is 0 Å². The van der Waals surface area contributed by atoms with Crippen LogP contribution in [0, 0.1) is 0 Å². The molecule has 2 aromatic heterocycles. The molecule has 0 aromatic carbocycles. The number of hydrogen-bond acceptors (Lipinski definition) is 5. The third kappa shape index (κ3) is 2.74. The zero-order chi connectivity index (χ0) is 16.4. The second kappa shape index (κ2) is 6.50. The smallest absolute Gasteiger partial charge is 0.314 e. The van der Waals surface area contributed by atoms with E-state index in [4.69, 9.17) is 9.15 Å². The predicted octanol–water partition coefficient (Wildman–Crippen LogP) is 3.25. The largest absolute Gasteiger partial charge is 0.472 e. The molecule has 3 heterocycles. The van der Waals surface area contributed by atoms with Crippen LogP contribution < -0.4 is 0 Å². The fourth-order valence-corrected chi connectivity index (χ4v) is 3.72. The quantitative estimate of drug-likeness (QED) is 0.352. The van der Waals surface area contributed by atoms with Gasteiger partial charge in [0.15, 0.2) is 0 Å². The number of methoxy groups -OCH3 is 1. The Kier molecular flexibility index (Phi) is 4.43. The number of nitrogens with zero attached hydrogens (tertiary/aromatic N) is 1. The molecule has 0 aliphatic carbocycles. The molecule has 1 aliphatic rings. The van der Waals surface area contributed by atoms with Gasteiger partial charge in [0.25, 0.3) is 0 Å². The molecular weight excluding hydrogens is 314 g/mol. The molecule has 0 N–H and O–H groups in total. The van der Waals surface area contributed by atoms with E-state index in [1.807, 2.05) is 10.6 Å². The summed E-state index contributed by atoms with van der Waals surface area (Å²) in [5.74, 6) is 0.0257. The number of ketones is 1. The Hall–Kier alpha value is -2.21. The zero-order valence-electron chi connectivity index (χ0n) is 12.8. The molecule has 1 unspecified atom stereocenters. The van der Waals surface area contributed by atoms with Crippen molar-refractivity contribution in [1.29, 1.82) is 0 Å². The summed E-state index contributed by atoms with van der Waals surface area (Å²) >= 11 is 1.54. The standard InChI is InChI=1S/C17H17NO4S/c1-3-8-23-14-9-13-12(17(20)21-2)4-6-18(13)15(14)16(19)11-5-7-22-10-11/h3,5,7,9-10,12H,1,4,6,8H2,2H3. The Labute approximate surface area is 138 Å². The lowest BCUT2D eigenvalue weighted by Crippen LogP contribution is -2.11. The molecule has 120 valence electrons. The van der Waals surface area contributed by atoms with E-state index >= 15 is 0 Å². The van der Waals surface area contributed by atoms with E-state index in [1.165, 1.54) is 31.4 Å². The average Bonchev–Trinajstić information content (AvgIpc) is 3.27. The second-order valence-corrected chi connectivity index (χ2v) is 6.30. The summed E-state index contributed by atoms with van der Waals surface area (Å²) in [5, 5.41) is 0. The van der Waals surface area contributed by atoms with Crippen LogP contribution in [-0.4, -0.2) is 29.2 Å². The topological polar surface area (TPSA) is 61.4 Å². The second-order valence-electron chi connectivity index (χ2n) is 5.24. The first-order valence-electron chi connectivity index (χ1n) is 7.29. The molecule has 23 heavy (non-hydrogen) atoms. The molecule has 0 radical (unpaired) electrons. The first kappa shape index (κ1) is 15.7. The Morgan fingerprint density at radius 2 is 2.39 bits per heavy atom. The number of rotatable bonds is 6. The Bertz CT molecular complexity index is 745. The zero-order valence-corrected chi connectivity index (χ0v) is 13.6. The van der Waals surface area contributed by atoms with Crippen LogP contribution in [0.25, 0.3) is 0 Å². The Morgan fingerprint density at radius 3 is 3.04 bits per heavy atom. The summed E-state index contributed by atoms with van der Waals surface area (Å²) in [6, 6.07) is 3.58. The van der Waals surface area contributed by atoms with Gasteiger partial charge in [-0.05, 0) is 18.6 Å². The Balaban J connectivity index is 2.05. The highest BCUT2D eigenvalue weighted by Crippen LogP contribution is 2.38. The maximum atomic E-state index is 12.8. The summed E-state index contributed by atoms with van der Waals surface area (Å²) in [4.78, 5) is 25.6. The fourth-order valence-electron chi connectivity index (χ4n) is 2.88. The van der Waals surface area contributed by atoms with Crippen LogP contribution in [0.15, 0.2) is 46.6 Å². The molecular formula is C17H17NO4S. The van der Waals surface area contributed by atoms with Crippen molar-refractivity contribution in [2.24, 2.45) is 0 Å². The normalized spacial score (nSPS) is 16.1. The van der Waals surface area contributed by atoms with Crippen molar-refractivity contribution in [3.05, 3.63) is 54.3 Å². The minimum Gasteiger partial charge on any atom is -0.472 e. The highest BCUT2D eigenvalue weighted by Gasteiger charge is 2.35. The number of hydrogen-bond donors (Lipinski definition) is 0. The summed E-state index contributed by atoms with van der Waals surface area (Å²) in [5.41, 5.74) is 1.96. The number of carbonyl (C=O) groups excluding carboxylic acids is 2. The maximum absolute atomic E-state index is 12.8. The van der Waals surface area contributed by atoms with Crippen LogP contribution in [0.2, 0.25) is 0 Å². The minimum absolute atomic E-state index is 0.0953. The van der Waals surface area contributed by atoms with Crippen LogP contribution in [-0.2, 0) is 16.1 Å². The molecule has 0 spiro atoms. The number of thioether (sulfide) groups is 1. The highest BCUT2D eigenvalue weighted by atomic mass is 32.2. The number of ether oxygens (including phenoxy) is 1. The summed E-state index contributed by atoms with van der Waals surface area (Å²) in [6.07, 6.45) is 5.36. The number of carbonyl (C=O) groups is 2. The molecule has 0 fully saturated rings. The summed E-state index contributed by atoms with van der Waals surface area (Å²) < 4.78 is 11.8. The van der Waals surface area contributed by atoms with Gasteiger partial charge >= 0.3 is 5.97 Å². The van der Waals surface area contributed by atoms with Crippen molar-refractivity contribution < 1.29 is 18.7 Å². The van der Waals surface area contributed by atoms with Crippen LogP contribution >= 0.6 is 11.8 Å². The number of furan rings is 1. The summed E-state index contributed by atoms with van der Waals surface area (Å²) in [6.45, 7) is 4.35. The van der Waals surface area contributed by atoms with Gasteiger partial charge in [-0.3, -0.25) is 9.59 Å². The van der Waals surface area contributed by atoms with Crippen molar-refractivity contribution in [2.75, 3.05) is 12.9 Å². The predicted molar refractivity (Wildman–Crippen MR) is 86.9 cm³/mol. The molecule has 6 heteroatoms.